The number of thiol groups is 1. The molecule has 1 heterocycles. The lowest BCUT2D eigenvalue weighted by molar-refractivity contribution is 0.102. The second kappa shape index (κ2) is 4.01. The Hall–Kier alpha value is -2.00. The molecule has 21 heavy (non-hydrogen) atoms. The van der Waals surface area contributed by atoms with E-state index in [1.165, 1.54) is 0 Å². The van der Waals surface area contributed by atoms with E-state index in [-0.39, 0.29) is 11.2 Å². The molecule has 0 atom stereocenters. The number of furan rings is 1. The molecule has 3 heteroatoms. The van der Waals surface area contributed by atoms with Crippen LogP contribution in [0.2, 0.25) is 0 Å². The van der Waals surface area contributed by atoms with Gasteiger partial charge in [-0.2, -0.15) is 0 Å². The molecule has 0 N–H and O–H groups in total. The molecule has 0 unspecified atom stereocenters. The van der Waals surface area contributed by atoms with Crippen LogP contribution in [-0.4, -0.2) is 5.78 Å². The second-order valence-electron chi connectivity index (χ2n) is 5.99. The smallest absolute Gasteiger partial charge is 0.197 e. The third kappa shape index (κ3) is 1.58. The van der Waals surface area contributed by atoms with E-state index in [4.69, 9.17) is 4.42 Å². The van der Waals surface area contributed by atoms with Crippen LogP contribution in [0.15, 0.2) is 51.8 Å². The first-order valence-electron chi connectivity index (χ1n) is 6.90. The van der Waals surface area contributed by atoms with Crippen molar-refractivity contribution in [3.63, 3.8) is 0 Å². The Morgan fingerprint density at radius 1 is 1.10 bits per heavy atom. The molecule has 4 rings (SSSR count). The molecule has 0 saturated carbocycles. The monoisotopic (exact) mass is 294 g/mol. The Morgan fingerprint density at radius 3 is 2.67 bits per heavy atom. The SMILES string of the molecule is CC1(C)c2cc(S)ccc2C(=O)c2c1oc1ccccc21. The normalized spacial score (nSPS) is 15.9. The van der Waals surface area contributed by atoms with Crippen LogP contribution < -0.4 is 0 Å². The molecule has 104 valence electrons. The number of rotatable bonds is 0. The summed E-state index contributed by atoms with van der Waals surface area (Å²) in [5.74, 6) is 0.790. The number of ketones is 1. The molecule has 2 aromatic carbocycles. The first-order chi connectivity index (χ1) is 10.00. The van der Waals surface area contributed by atoms with E-state index in [1.54, 1.807) is 0 Å². The molecule has 0 amide bonds. The molecule has 0 radical (unpaired) electrons. The third-order valence-electron chi connectivity index (χ3n) is 4.31. The maximum absolute atomic E-state index is 12.9. The van der Waals surface area contributed by atoms with Gasteiger partial charge in [0.15, 0.2) is 5.78 Å². The van der Waals surface area contributed by atoms with E-state index < -0.39 is 0 Å². The maximum Gasteiger partial charge on any atom is 0.197 e. The van der Waals surface area contributed by atoms with Gasteiger partial charge in [0.25, 0.3) is 0 Å². The average Bonchev–Trinajstić information content (AvgIpc) is 2.86. The summed E-state index contributed by atoms with van der Waals surface area (Å²) >= 11 is 4.40. The zero-order valence-corrected chi connectivity index (χ0v) is 12.7. The maximum atomic E-state index is 12.9. The van der Waals surface area contributed by atoms with Crippen molar-refractivity contribution < 1.29 is 9.21 Å². The van der Waals surface area contributed by atoms with Gasteiger partial charge in [-0.3, -0.25) is 4.79 Å². The number of fused-ring (bicyclic) bond motifs is 4. The highest BCUT2D eigenvalue weighted by atomic mass is 32.1. The van der Waals surface area contributed by atoms with E-state index in [0.717, 1.165) is 32.8 Å². The van der Waals surface area contributed by atoms with Crippen molar-refractivity contribution in [2.24, 2.45) is 0 Å². The highest BCUT2D eigenvalue weighted by Gasteiger charge is 2.41. The highest BCUT2D eigenvalue weighted by Crippen LogP contribution is 2.45. The van der Waals surface area contributed by atoms with Gasteiger partial charge in [0, 0.05) is 21.3 Å². The van der Waals surface area contributed by atoms with Gasteiger partial charge in [-0.25, -0.2) is 0 Å². The van der Waals surface area contributed by atoms with Crippen molar-refractivity contribution in [3.8, 4) is 0 Å². The third-order valence-corrected chi connectivity index (χ3v) is 4.59. The molecule has 1 aromatic heterocycles. The average molecular weight is 294 g/mol. The predicted octanol–water partition coefficient (Wildman–Crippen LogP) is 4.59. The van der Waals surface area contributed by atoms with Crippen molar-refractivity contribution in [1.29, 1.82) is 0 Å². The van der Waals surface area contributed by atoms with Gasteiger partial charge < -0.3 is 4.42 Å². The minimum Gasteiger partial charge on any atom is -0.459 e. The zero-order chi connectivity index (χ0) is 14.8. The molecule has 0 fully saturated rings. The molecular weight excluding hydrogens is 280 g/mol. The van der Waals surface area contributed by atoms with E-state index in [0.29, 0.717) is 5.56 Å². The number of para-hydroxylation sites is 1. The van der Waals surface area contributed by atoms with E-state index in [1.807, 2.05) is 42.5 Å². The van der Waals surface area contributed by atoms with Crippen LogP contribution in [-0.2, 0) is 5.41 Å². The summed E-state index contributed by atoms with van der Waals surface area (Å²) < 4.78 is 6.03. The van der Waals surface area contributed by atoms with Crippen molar-refractivity contribution in [1.82, 2.24) is 0 Å². The largest absolute Gasteiger partial charge is 0.459 e. The Morgan fingerprint density at radius 2 is 1.86 bits per heavy atom. The molecule has 0 saturated heterocycles. The Kier molecular flexibility index (Phi) is 2.43. The van der Waals surface area contributed by atoms with Crippen LogP contribution in [0.3, 0.4) is 0 Å². The summed E-state index contributed by atoms with van der Waals surface area (Å²) in [6.45, 7) is 4.18. The molecule has 1 aliphatic rings. The Labute approximate surface area is 128 Å². The lowest BCUT2D eigenvalue weighted by Gasteiger charge is -2.30. The van der Waals surface area contributed by atoms with E-state index in [9.17, 15) is 4.79 Å². The molecule has 0 bridgehead atoms. The quantitative estimate of drug-likeness (QED) is 0.615. The van der Waals surface area contributed by atoms with Crippen molar-refractivity contribution in [2.45, 2.75) is 24.2 Å². The molecule has 0 aliphatic heterocycles. The van der Waals surface area contributed by atoms with Crippen LogP contribution >= 0.6 is 12.6 Å². The molecule has 0 spiro atoms. The first-order valence-corrected chi connectivity index (χ1v) is 7.35. The summed E-state index contributed by atoms with van der Waals surface area (Å²) in [6, 6.07) is 13.4. The van der Waals surface area contributed by atoms with Gasteiger partial charge in [0.1, 0.15) is 11.3 Å². The van der Waals surface area contributed by atoms with Crippen LogP contribution in [0.4, 0.5) is 0 Å². The lowest BCUT2D eigenvalue weighted by Crippen LogP contribution is -2.29. The van der Waals surface area contributed by atoms with Gasteiger partial charge in [0.2, 0.25) is 0 Å². The molecular formula is C18H14O2S. The summed E-state index contributed by atoms with van der Waals surface area (Å²) in [5.41, 5.74) is 2.84. The van der Waals surface area contributed by atoms with E-state index >= 15 is 0 Å². The van der Waals surface area contributed by atoms with Gasteiger partial charge in [-0.1, -0.05) is 18.2 Å². The fourth-order valence-electron chi connectivity index (χ4n) is 3.22. The summed E-state index contributed by atoms with van der Waals surface area (Å²) in [4.78, 5) is 13.8. The lowest BCUT2D eigenvalue weighted by atomic mass is 9.72. The number of carbonyl (C=O) groups excluding carboxylic acids is 1. The van der Waals surface area contributed by atoms with Gasteiger partial charge >= 0.3 is 0 Å². The fraction of sp³-hybridized carbons (Fsp3) is 0.167. The molecule has 1 aliphatic carbocycles. The first kappa shape index (κ1) is 12.7. The standard InChI is InChI=1S/C18H14O2S/c1-18(2)13-9-10(21)7-8-11(13)16(19)15-12-5-3-4-6-14(12)20-17(15)18/h3-9,21H,1-2H3. The number of benzene rings is 2. The minimum absolute atomic E-state index is 0.0395. The van der Waals surface area contributed by atoms with Gasteiger partial charge in [0.05, 0.1) is 5.56 Å². The van der Waals surface area contributed by atoms with Crippen molar-refractivity contribution in [3.05, 3.63) is 64.9 Å². The summed E-state index contributed by atoms with van der Waals surface area (Å²) in [6.07, 6.45) is 0. The fourth-order valence-corrected chi connectivity index (χ4v) is 3.42. The predicted molar refractivity (Wildman–Crippen MR) is 85.5 cm³/mol. The van der Waals surface area contributed by atoms with Crippen molar-refractivity contribution in [2.75, 3.05) is 0 Å². The second-order valence-corrected chi connectivity index (χ2v) is 6.50. The van der Waals surface area contributed by atoms with Crippen molar-refractivity contribution >= 4 is 29.4 Å². The van der Waals surface area contributed by atoms with E-state index in [2.05, 4.69) is 26.5 Å². The van der Waals surface area contributed by atoms with Crippen LogP contribution in [0.1, 0.15) is 41.1 Å². The van der Waals surface area contributed by atoms with Crippen LogP contribution in [0, 0.1) is 0 Å². The van der Waals surface area contributed by atoms with Crippen LogP contribution in [0.5, 0.6) is 0 Å². The Balaban J connectivity index is 2.14. The van der Waals surface area contributed by atoms with Gasteiger partial charge in [-0.15, -0.1) is 12.6 Å². The molecule has 3 aromatic rings. The number of carbonyl (C=O) groups is 1. The molecule has 2 nitrogen and oxygen atoms in total. The van der Waals surface area contributed by atoms with Crippen LogP contribution in [0.25, 0.3) is 11.0 Å². The Bertz CT molecular complexity index is 903. The summed E-state index contributed by atoms with van der Waals surface area (Å²) in [7, 11) is 0. The minimum atomic E-state index is -0.351. The van der Waals surface area contributed by atoms with Gasteiger partial charge in [-0.05, 0) is 43.7 Å². The highest BCUT2D eigenvalue weighted by molar-refractivity contribution is 7.80. The number of hydrogen-bond acceptors (Lipinski definition) is 3. The summed E-state index contributed by atoms with van der Waals surface area (Å²) in [5, 5.41) is 0.895. The zero-order valence-electron chi connectivity index (χ0n) is 11.8. The number of hydrogen-bond donors (Lipinski definition) is 1. The topological polar surface area (TPSA) is 30.2 Å².